The highest BCUT2D eigenvalue weighted by Crippen LogP contribution is 2.27. The Morgan fingerprint density at radius 3 is 2.81 bits per heavy atom. The van der Waals surface area contributed by atoms with Gasteiger partial charge in [-0.2, -0.15) is 0 Å². The van der Waals surface area contributed by atoms with Crippen LogP contribution in [0.1, 0.15) is 4.88 Å². The van der Waals surface area contributed by atoms with Gasteiger partial charge in [0.25, 0.3) is 0 Å². The van der Waals surface area contributed by atoms with Gasteiger partial charge in [0.05, 0.1) is 5.02 Å². The van der Waals surface area contributed by atoms with Gasteiger partial charge >= 0.3 is 0 Å². The molecular formula is C11H9BrClNOS. The highest BCUT2D eigenvalue weighted by Gasteiger charge is 2.01. The number of hydrogen-bond donors (Lipinski definition) is 2. The predicted octanol–water partition coefficient (Wildman–Crippen LogP) is 4.48. The van der Waals surface area contributed by atoms with Gasteiger partial charge in [0.1, 0.15) is 5.75 Å². The van der Waals surface area contributed by atoms with Crippen LogP contribution >= 0.6 is 38.9 Å². The quantitative estimate of drug-likeness (QED) is 0.818. The van der Waals surface area contributed by atoms with Crippen molar-refractivity contribution >= 4 is 44.6 Å². The number of anilines is 1. The number of benzene rings is 1. The highest BCUT2D eigenvalue weighted by atomic mass is 79.9. The standard InChI is InChI=1S/C11H9BrClNOS/c12-7-3-9(16-6-7)5-14-8-1-2-11(15)10(13)4-8/h1-4,6,14-15H,5H2. The molecule has 16 heavy (non-hydrogen) atoms. The molecule has 0 aliphatic carbocycles. The second-order valence-electron chi connectivity index (χ2n) is 3.25. The minimum atomic E-state index is 0.103. The number of rotatable bonds is 3. The van der Waals surface area contributed by atoms with Crippen molar-refractivity contribution in [1.29, 1.82) is 0 Å². The van der Waals surface area contributed by atoms with E-state index in [0.29, 0.717) is 5.02 Å². The van der Waals surface area contributed by atoms with Crippen molar-refractivity contribution < 1.29 is 5.11 Å². The van der Waals surface area contributed by atoms with E-state index in [9.17, 15) is 5.11 Å². The van der Waals surface area contributed by atoms with E-state index in [1.54, 1.807) is 29.5 Å². The van der Waals surface area contributed by atoms with Crippen LogP contribution in [0.5, 0.6) is 5.75 Å². The molecule has 0 unspecified atom stereocenters. The average Bonchev–Trinajstić information content (AvgIpc) is 2.66. The Hall–Kier alpha value is -0.710. The van der Waals surface area contributed by atoms with E-state index in [2.05, 4.69) is 27.3 Å². The van der Waals surface area contributed by atoms with E-state index >= 15 is 0 Å². The van der Waals surface area contributed by atoms with Crippen molar-refractivity contribution in [1.82, 2.24) is 0 Å². The van der Waals surface area contributed by atoms with E-state index < -0.39 is 0 Å². The summed E-state index contributed by atoms with van der Waals surface area (Å²) in [6.07, 6.45) is 0. The predicted molar refractivity (Wildman–Crippen MR) is 72.5 cm³/mol. The molecule has 5 heteroatoms. The number of aromatic hydroxyl groups is 1. The summed E-state index contributed by atoms with van der Waals surface area (Å²) < 4.78 is 1.10. The number of nitrogens with one attached hydrogen (secondary N) is 1. The fraction of sp³-hybridized carbons (Fsp3) is 0.0909. The molecule has 0 radical (unpaired) electrons. The molecule has 0 amide bonds. The number of phenols is 1. The second-order valence-corrected chi connectivity index (χ2v) is 5.57. The van der Waals surface area contributed by atoms with Crippen molar-refractivity contribution in [2.45, 2.75) is 6.54 Å². The largest absolute Gasteiger partial charge is 0.506 e. The lowest BCUT2D eigenvalue weighted by Crippen LogP contribution is -1.96. The van der Waals surface area contributed by atoms with Gasteiger partial charge in [0.2, 0.25) is 0 Å². The molecule has 2 rings (SSSR count). The van der Waals surface area contributed by atoms with E-state index in [-0.39, 0.29) is 5.75 Å². The molecule has 0 saturated heterocycles. The van der Waals surface area contributed by atoms with Crippen LogP contribution in [0.2, 0.25) is 5.02 Å². The summed E-state index contributed by atoms with van der Waals surface area (Å²) in [6, 6.07) is 7.15. The van der Waals surface area contributed by atoms with Gasteiger partial charge in [-0.25, -0.2) is 0 Å². The topological polar surface area (TPSA) is 32.3 Å². The fourth-order valence-corrected chi connectivity index (χ4v) is 2.82. The van der Waals surface area contributed by atoms with Gasteiger partial charge in [-0.1, -0.05) is 11.6 Å². The zero-order chi connectivity index (χ0) is 11.5. The lowest BCUT2D eigenvalue weighted by atomic mass is 10.3. The number of phenolic OH excluding ortho intramolecular Hbond substituents is 1. The monoisotopic (exact) mass is 317 g/mol. The molecular weight excluding hydrogens is 310 g/mol. The summed E-state index contributed by atoms with van der Waals surface area (Å²) >= 11 is 10.9. The first-order valence-corrected chi connectivity index (χ1v) is 6.65. The van der Waals surface area contributed by atoms with Gasteiger partial charge in [0.15, 0.2) is 0 Å². The van der Waals surface area contributed by atoms with Crippen LogP contribution in [0.25, 0.3) is 0 Å². The number of halogens is 2. The molecule has 0 fully saturated rings. The fourth-order valence-electron chi connectivity index (χ4n) is 1.25. The Bertz CT molecular complexity index is 500. The van der Waals surface area contributed by atoms with Crippen molar-refractivity contribution in [2.75, 3.05) is 5.32 Å². The first-order chi connectivity index (χ1) is 7.65. The average molecular weight is 319 g/mol. The zero-order valence-corrected chi connectivity index (χ0v) is 11.4. The van der Waals surface area contributed by atoms with Gasteiger partial charge in [-0.15, -0.1) is 11.3 Å². The summed E-state index contributed by atoms with van der Waals surface area (Å²) in [5, 5.41) is 14.9. The molecule has 0 saturated carbocycles. The summed E-state index contributed by atoms with van der Waals surface area (Å²) in [5.41, 5.74) is 0.896. The molecule has 1 heterocycles. The van der Waals surface area contributed by atoms with Gasteiger partial charge in [0, 0.05) is 27.0 Å². The van der Waals surface area contributed by atoms with Gasteiger partial charge in [-0.3, -0.25) is 0 Å². The Kier molecular flexibility index (Phi) is 3.74. The van der Waals surface area contributed by atoms with Crippen LogP contribution in [0.15, 0.2) is 34.1 Å². The maximum atomic E-state index is 9.27. The third-order valence-electron chi connectivity index (χ3n) is 2.04. The summed E-state index contributed by atoms with van der Waals surface area (Å²) in [7, 11) is 0. The van der Waals surface area contributed by atoms with E-state index in [1.807, 2.05) is 5.38 Å². The molecule has 0 aliphatic rings. The molecule has 0 spiro atoms. The van der Waals surface area contributed by atoms with E-state index in [4.69, 9.17) is 11.6 Å². The molecule has 2 N–H and O–H groups in total. The smallest absolute Gasteiger partial charge is 0.134 e. The van der Waals surface area contributed by atoms with Crippen LogP contribution in [0.4, 0.5) is 5.69 Å². The van der Waals surface area contributed by atoms with Crippen LogP contribution in [0.3, 0.4) is 0 Å². The maximum Gasteiger partial charge on any atom is 0.134 e. The SMILES string of the molecule is Oc1ccc(NCc2cc(Br)cs2)cc1Cl. The summed E-state index contributed by atoms with van der Waals surface area (Å²) in [5.74, 6) is 0.103. The first kappa shape index (κ1) is 11.8. The molecule has 0 atom stereocenters. The van der Waals surface area contributed by atoms with Crippen LogP contribution in [0, 0.1) is 0 Å². The molecule has 1 aromatic heterocycles. The molecule has 2 nitrogen and oxygen atoms in total. The van der Waals surface area contributed by atoms with Gasteiger partial charge < -0.3 is 10.4 Å². The Morgan fingerprint density at radius 1 is 1.38 bits per heavy atom. The normalized spacial score (nSPS) is 10.4. The number of thiophene rings is 1. The van der Waals surface area contributed by atoms with Crippen LogP contribution < -0.4 is 5.32 Å². The first-order valence-electron chi connectivity index (χ1n) is 4.60. The lowest BCUT2D eigenvalue weighted by Gasteiger charge is -2.05. The van der Waals surface area contributed by atoms with Crippen molar-refractivity contribution in [3.05, 3.63) is 44.0 Å². The third-order valence-corrected chi connectivity index (χ3v) is 4.04. The number of hydrogen-bond acceptors (Lipinski definition) is 3. The maximum absolute atomic E-state index is 9.27. The van der Waals surface area contributed by atoms with E-state index in [1.165, 1.54) is 4.88 Å². The van der Waals surface area contributed by atoms with Crippen LogP contribution in [-0.4, -0.2) is 5.11 Å². The minimum absolute atomic E-state index is 0.103. The molecule has 0 aliphatic heterocycles. The van der Waals surface area contributed by atoms with Crippen LogP contribution in [-0.2, 0) is 6.54 Å². The molecule has 0 bridgehead atoms. The Balaban J connectivity index is 2.02. The van der Waals surface area contributed by atoms with E-state index in [0.717, 1.165) is 16.7 Å². The van der Waals surface area contributed by atoms with Gasteiger partial charge in [-0.05, 0) is 40.2 Å². The summed E-state index contributed by atoms with van der Waals surface area (Å²) in [4.78, 5) is 1.23. The third kappa shape index (κ3) is 2.90. The van der Waals surface area contributed by atoms with Crippen molar-refractivity contribution in [2.24, 2.45) is 0 Å². The highest BCUT2D eigenvalue weighted by molar-refractivity contribution is 9.10. The van der Waals surface area contributed by atoms with Crippen molar-refractivity contribution in [3.8, 4) is 5.75 Å². The van der Waals surface area contributed by atoms with Crippen molar-refractivity contribution in [3.63, 3.8) is 0 Å². The molecule has 84 valence electrons. The minimum Gasteiger partial charge on any atom is -0.506 e. The Labute approximate surface area is 111 Å². The molecule has 1 aromatic carbocycles. The molecule has 2 aromatic rings. The second kappa shape index (κ2) is 5.08. The Morgan fingerprint density at radius 2 is 2.19 bits per heavy atom. The lowest BCUT2D eigenvalue weighted by molar-refractivity contribution is 0.475. The summed E-state index contributed by atoms with van der Waals surface area (Å²) in [6.45, 7) is 0.747. The zero-order valence-electron chi connectivity index (χ0n) is 8.21.